The highest BCUT2D eigenvalue weighted by Crippen LogP contribution is 2.13. The Morgan fingerprint density at radius 1 is 1.33 bits per heavy atom. The molecule has 0 N–H and O–H groups in total. The van der Waals surface area contributed by atoms with Crippen molar-refractivity contribution in [1.82, 2.24) is 0 Å². The van der Waals surface area contributed by atoms with Crippen LogP contribution in [0.2, 0.25) is 0 Å². The standard InChI is InChI=1S/C19H30O2/c1-6-14-21-19(20)15-18(5)13-9-12-17(4)11-8-10-16(3)7-2/h6,9-10,13,15,17H,1,7-8,11-12,14H2,2-5H3/b13-9+,16-10+,18-15+. The van der Waals surface area contributed by atoms with Crippen molar-refractivity contribution in [3.05, 3.63) is 48.1 Å². The summed E-state index contributed by atoms with van der Waals surface area (Å²) in [6.07, 6.45) is 14.0. The van der Waals surface area contributed by atoms with Crippen LogP contribution in [0.3, 0.4) is 0 Å². The van der Waals surface area contributed by atoms with E-state index >= 15 is 0 Å². The summed E-state index contributed by atoms with van der Waals surface area (Å²) in [5.41, 5.74) is 2.38. The Hall–Kier alpha value is -1.57. The highest BCUT2D eigenvalue weighted by atomic mass is 16.5. The predicted molar refractivity (Wildman–Crippen MR) is 91.1 cm³/mol. The van der Waals surface area contributed by atoms with Gasteiger partial charge in [0.25, 0.3) is 0 Å². The van der Waals surface area contributed by atoms with Crippen molar-refractivity contribution in [2.75, 3.05) is 6.61 Å². The first-order valence-electron chi connectivity index (χ1n) is 7.77. The molecule has 118 valence electrons. The molecule has 0 aliphatic heterocycles. The number of esters is 1. The minimum Gasteiger partial charge on any atom is -0.458 e. The van der Waals surface area contributed by atoms with Gasteiger partial charge in [0, 0.05) is 6.08 Å². The van der Waals surface area contributed by atoms with Crippen molar-refractivity contribution in [3.8, 4) is 0 Å². The number of hydrogen-bond donors (Lipinski definition) is 0. The van der Waals surface area contributed by atoms with Crippen molar-refractivity contribution >= 4 is 5.97 Å². The van der Waals surface area contributed by atoms with Gasteiger partial charge in [0.15, 0.2) is 0 Å². The van der Waals surface area contributed by atoms with E-state index in [1.807, 2.05) is 13.0 Å². The monoisotopic (exact) mass is 290 g/mol. The summed E-state index contributed by atoms with van der Waals surface area (Å²) in [6, 6.07) is 0. The summed E-state index contributed by atoms with van der Waals surface area (Å²) in [7, 11) is 0. The molecule has 0 spiro atoms. The van der Waals surface area contributed by atoms with Crippen molar-refractivity contribution in [2.45, 2.75) is 53.4 Å². The second-order valence-corrected chi connectivity index (χ2v) is 5.53. The molecule has 0 radical (unpaired) electrons. The Balaban J connectivity index is 4.05. The van der Waals surface area contributed by atoms with Gasteiger partial charge in [-0.2, -0.15) is 0 Å². The Labute approximate surface area is 130 Å². The molecule has 0 fully saturated rings. The maximum atomic E-state index is 11.4. The van der Waals surface area contributed by atoms with Crippen molar-refractivity contribution in [2.24, 2.45) is 5.92 Å². The van der Waals surface area contributed by atoms with E-state index in [1.165, 1.54) is 18.1 Å². The molecule has 0 aromatic heterocycles. The molecule has 2 heteroatoms. The Morgan fingerprint density at radius 3 is 2.67 bits per heavy atom. The van der Waals surface area contributed by atoms with E-state index in [-0.39, 0.29) is 12.6 Å². The summed E-state index contributed by atoms with van der Waals surface area (Å²) in [5, 5.41) is 0. The quantitative estimate of drug-likeness (QED) is 0.234. The molecule has 0 aliphatic rings. The smallest absolute Gasteiger partial charge is 0.331 e. The number of rotatable bonds is 10. The fourth-order valence-corrected chi connectivity index (χ4v) is 1.78. The fraction of sp³-hybridized carbons (Fsp3) is 0.526. The van der Waals surface area contributed by atoms with Crippen molar-refractivity contribution < 1.29 is 9.53 Å². The number of carbonyl (C=O) groups excluding carboxylic acids is 1. The lowest BCUT2D eigenvalue weighted by Crippen LogP contribution is -2.00. The molecule has 0 aromatic rings. The molecule has 1 atom stereocenters. The van der Waals surface area contributed by atoms with Crippen LogP contribution in [0.1, 0.15) is 53.4 Å². The molecule has 0 aliphatic carbocycles. The van der Waals surface area contributed by atoms with Crippen LogP contribution in [0.5, 0.6) is 0 Å². The van der Waals surface area contributed by atoms with Crippen LogP contribution in [0.4, 0.5) is 0 Å². The summed E-state index contributed by atoms with van der Waals surface area (Å²) in [4.78, 5) is 11.4. The highest BCUT2D eigenvalue weighted by molar-refractivity contribution is 5.83. The van der Waals surface area contributed by atoms with E-state index in [0.717, 1.165) is 24.8 Å². The molecule has 0 bridgehead atoms. The van der Waals surface area contributed by atoms with E-state index in [0.29, 0.717) is 5.92 Å². The zero-order chi connectivity index (χ0) is 16.1. The van der Waals surface area contributed by atoms with Crippen LogP contribution in [-0.2, 0) is 9.53 Å². The van der Waals surface area contributed by atoms with Gasteiger partial charge in [0.1, 0.15) is 6.61 Å². The van der Waals surface area contributed by atoms with Gasteiger partial charge in [0.2, 0.25) is 0 Å². The van der Waals surface area contributed by atoms with Gasteiger partial charge in [-0.05, 0) is 51.0 Å². The predicted octanol–water partition coefficient (Wildman–Crippen LogP) is 5.38. The first kappa shape index (κ1) is 19.4. The van der Waals surface area contributed by atoms with E-state index in [1.54, 1.807) is 6.08 Å². The lowest BCUT2D eigenvalue weighted by molar-refractivity contribution is -0.136. The third-order valence-electron chi connectivity index (χ3n) is 3.32. The third-order valence-corrected chi connectivity index (χ3v) is 3.32. The molecule has 0 rings (SSSR count). The Morgan fingerprint density at radius 2 is 2.05 bits per heavy atom. The highest BCUT2D eigenvalue weighted by Gasteiger charge is 1.99. The average molecular weight is 290 g/mol. The van der Waals surface area contributed by atoms with Crippen LogP contribution in [0, 0.1) is 5.92 Å². The normalized spacial score (nSPS) is 14.3. The third kappa shape index (κ3) is 11.9. The number of allylic oxidation sites excluding steroid dienone is 5. The van der Waals surface area contributed by atoms with Gasteiger partial charge >= 0.3 is 5.97 Å². The summed E-state index contributed by atoms with van der Waals surface area (Å²) < 4.78 is 4.90. The molecular weight excluding hydrogens is 260 g/mol. The SMILES string of the molecule is C=CCOC(=O)/C=C(C)/C=C/CC(C)CC/C=C(\C)CC. The molecule has 0 amide bonds. The van der Waals surface area contributed by atoms with E-state index in [2.05, 4.69) is 39.5 Å². The molecule has 0 saturated carbocycles. The Bertz CT molecular complexity index is 400. The van der Waals surface area contributed by atoms with E-state index in [9.17, 15) is 4.79 Å². The molecule has 0 aromatic carbocycles. The second-order valence-electron chi connectivity index (χ2n) is 5.53. The number of ether oxygens (including phenoxy) is 1. The van der Waals surface area contributed by atoms with Crippen LogP contribution >= 0.6 is 0 Å². The molecule has 21 heavy (non-hydrogen) atoms. The summed E-state index contributed by atoms with van der Waals surface area (Å²) in [6.45, 7) is 12.3. The van der Waals surface area contributed by atoms with Gasteiger partial charge in [0.05, 0.1) is 0 Å². The van der Waals surface area contributed by atoms with Crippen LogP contribution < -0.4 is 0 Å². The van der Waals surface area contributed by atoms with Gasteiger partial charge in [-0.15, -0.1) is 0 Å². The van der Waals surface area contributed by atoms with E-state index < -0.39 is 0 Å². The lowest BCUT2D eigenvalue weighted by Gasteiger charge is -2.06. The first-order chi connectivity index (χ1) is 9.99. The molecule has 0 saturated heterocycles. The number of carbonyl (C=O) groups is 1. The largest absolute Gasteiger partial charge is 0.458 e. The summed E-state index contributed by atoms with van der Waals surface area (Å²) >= 11 is 0. The number of hydrogen-bond acceptors (Lipinski definition) is 2. The second kappa shape index (κ2) is 12.2. The minimum atomic E-state index is -0.315. The molecule has 1 unspecified atom stereocenters. The van der Waals surface area contributed by atoms with Crippen LogP contribution in [0.15, 0.2) is 48.1 Å². The Kier molecular flexibility index (Phi) is 11.3. The van der Waals surface area contributed by atoms with Gasteiger partial charge in [-0.1, -0.05) is 50.3 Å². The van der Waals surface area contributed by atoms with Gasteiger partial charge in [-0.3, -0.25) is 0 Å². The summed E-state index contributed by atoms with van der Waals surface area (Å²) in [5.74, 6) is 0.341. The topological polar surface area (TPSA) is 26.3 Å². The van der Waals surface area contributed by atoms with Crippen molar-refractivity contribution in [3.63, 3.8) is 0 Å². The van der Waals surface area contributed by atoms with Crippen molar-refractivity contribution in [1.29, 1.82) is 0 Å². The molecule has 2 nitrogen and oxygen atoms in total. The van der Waals surface area contributed by atoms with E-state index in [4.69, 9.17) is 4.74 Å². The minimum absolute atomic E-state index is 0.258. The van der Waals surface area contributed by atoms with Crippen LogP contribution in [-0.4, -0.2) is 12.6 Å². The van der Waals surface area contributed by atoms with Gasteiger partial charge in [-0.25, -0.2) is 4.79 Å². The molecule has 0 heterocycles. The van der Waals surface area contributed by atoms with Crippen LogP contribution in [0.25, 0.3) is 0 Å². The fourth-order valence-electron chi connectivity index (χ4n) is 1.78. The maximum Gasteiger partial charge on any atom is 0.331 e. The first-order valence-corrected chi connectivity index (χ1v) is 7.77. The zero-order valence-corrected chi connectivity index (χ0v) is 14.0. The maximum absolute atomic E-state index is 11.4. The lowest BCUT2D eigenvalue weighted by atomic mass is 10.00. The molecular formula is C19H30O2. The zero-order valence-electron chi connectivity index (χ0n) is 14.0. The van der Waals surface area contributed by atoms with Gasteiger partial charge < -0.3 is 4.74 Å². The average Bonchev–Trinajstić information content (AvgIpc) is 2.44.